The molecule has 1 N–H and O–H groups in total. The van der Waals surface area contributed by atoms with Crippen molar-refractivity contribution in [2.75, 3.05) is 0 Å². The Balaban J connectivity index is 0.000000301. The van der Waals surface area contributed by atoms with Gasteiger partial charge in [0, 0.05) is 60.9 Å². The molecular weight excluding hydrogens is 812 g/mol. The molecule has 50 heavy (non-hydrogen) atoms. The van der Waals surface area contributed by atoms with Crippen molar-refractivity contribution < 1.29 is 43.2 Å². The van der Waals surface area contributed by atoms with Gasteiger partial charge in [-0.15, -0.1) is 23.6 Å². The summed E-state index contributed by atoms with van der Waals surface area (Å²) in [5.74, 6) is 0.257. The number of rotatable bonds is 10. The summed E-state index contributed by atoms with van der Waals surface area (Å²) < 4.78 is 43.2. The molecular formula is C43H41F3IrNO2-. The standard InChI is InChI=1S/C30H17F3N.C13H24O2.Ir/c31-28-22(18-6-2-1-3-7-18)10-11-23-24-14-15-34-29(26(24)13-12-25(23)28)20-16-19-8-4-5-9-21(19)27(17-20)30(32)33;1-5-10(6-2)12(14)9-13(15)11(7-3)8-4;/h1-15,17,30H;9-11,14H,5-8H2,1-4H3;/q-1;;/b;12-9-;. The van der Waals surface area contributed by atoms with Crippen LogP contribution in [-0.2, 0) is 24.9 Å². The van der Waals surface area contributed by atoms with E-state index in [1.807, 2.05) is 76.2 Å². The molecule has 0 amide bonds. The van der Waals surface area contributed by atoms with Crippen LogP contribution in [0, 0.1) is 23.7 Å². The van der Waals surface area contributed by atoms with Crippen LogP contribution < -0.4 is 0 Å². The number of carbonyl (C=O) groups excluding carboxylic acids is 1. The molecule has 7 heteroatoms. The van der Waals surface area contributed by atoms with Gasteiger partial charge in [-0.3, -0.25) is 9.78 Å². The van der Waals surface area contributed by atoms with Crippen LogP contribution in [0.1, 0.15) is 65.4 Å². The van der Waals surface area contributed by atoms with Crippen LogP contribution in [0.25, 0.3) is 54.7 Å². The van der Waals surface area contributed by atoms with E-state index in [2.05, 4.69) is 11.1 Å². The normalized spacial score (nSPS) is 11.7. The number of aromatic nitrogens is 1. The maximum absolute atomic E-state index is 15.5. The molecule has 3 nitrogen and oxygen atoms in total. The Morgan fingerprint density at radius 3 is 2.02 bits per heavy atom. The van der Waals surface area contributed by atoms with E-state index < -0.39 is 6.43 Å². The molecule has 0 unspecified atom stereocenters. The first-order valence-electron chi connectivity index (χ1n) is 16.9. The van der Waals surface area contributed by atoms with Gasteiger partial charge in [0.15, 0.2) is 5.78 Å². The van der Waals surface area contributed by atoms with Gasteiger partial charge in [-0.25, -0.2) is 13.2 Å². The molecule has 6 aromatic rings. The first-order chi connectivity index (χ1) is 23.7. The van der Waals surface area contributed by atoms with Gasteiger partial charge in [0.05, 0.1) is 5.76 Å². The summed E-state index contributed by atoms with van der Waals surface area (Å²) in [6.07, 6.45) is 3.91. The molecule has 6 rings (SSSR count). The number of aliphatic hydroxyl groups is 1. The number of pyridine rings is 1. The second-order valence-electron chi connectivity index (χ2n) is 12.2. The molecule has 1 radical (unpaired) electrons. The number of alkyl halides is 2. The maximum atomic E-state index is 15.5. The van der Waals surface area contributed by atoms with Crippen molar-refractivity contribution in [1.29, 1.82) is 0 Å². The number of aliphatic hydroxyl groups excluding tert-OH is 1. The Hall–Kier alpha value is -4.32. The molecule has 5 aromatic carbocycles. The van der Waals surface area contributed by atoms with Gasteiger partial charge in [0.25, 0.3) is 6.43 Å². The Morgan fingerprint density at radius 1 is 0.760 bits per heavy atom. The number of ketones is 1. The molecule has 1 aromatic heterocycles. The zero-order valence-corrected chi connectivity index (χ0v) is 31.0. The summed E-state index contributed by atoms with van der Waals surface area (Å²) in [7, 11) is 0. The monoisotopic (exact) mass is 853 g/mol. The van der Waals surface area contributed by atoms with Gasteiger partial charge in [-0.1, -0.05) is 111 Å². The first-order valence-corrected chi connectivity index (χ1v) is 16.9. The van der Waals surface area contributed by atoms with E-state index in [4.69, 9.17) is 0 Å². The molecule has 1 heterocycles. The molecule has 0 atom stereocenters. The first kappa shape index (κ1) is 38.5. The minimum Gasteiger partial charge on any atom is -0.512 e. The Morgan fingerprint density at radius 2 is 1.36 bits per heavy atom. The van der Waals surface area contributed by atoms with Crippen molar-refractivity contribution in [1.82, 2.24) is 4.98 Å². The van der Waals surface area contributed by atoms with Crippen LogP contribution in [0.4, 0.5) is 13.2 Å². The number of allylic oxidation sites excluding steroid dienone is 2. The van der Waals surface area contributed by atoms with E-state index in [0.29, 0.717) is 33.0 Å². The Labute approximate surface area is 305 Å². The molecule has 0 fully saturated rings. The van der Waals surface area contributed by atoms with Crippen LogP contribution in [0.2, 0.25) is 0 Å². The smallest absolute Gasteiger partial charge is 0.251 e. The summed E-state index contributed by atoms with van der Waals surface area (Å²) in [6, 6.07) is 30.2. The van der Waals surface area contributed by atoms with Gasteiger partial charge in [-0.05, 0) is 59.0 Å². The van der Waals surface area contributed by atoms with Gasteiger partial charge in [0.1, 0.15) is 5.82 Å². The van der Waals surface area contributed by atoms with E-state index in [1.165, 1.54) is 12.1 Å². The van der Waals surface area contributed by atoms with Gasteiger partial charge < -0.3 is 5.11 Å². The number of carbonyl (C=O) groups is 1. The molecule has 0 spiro atoms. The molecule has 0 aliphatic carbocycles. The molecule has 0 saturated heterocycles. The van der Waals surface area contributed by atoms with E-state index in [9.17, 15) is 18.7 Å². The fourth-order valence-corrected chi connectivity index (χ4v) is 6.44. The van der Waals surface area contributed by atoms with Crippen molar-refractivity contribution in [2.24, 2.45) is 11.8 Å². The van der Waals surface area contributed by atoms with E-state index in [1.54, 1.807) is 42.6 Å². The fraction of sp³-hybridized carbons (Fsp3) is 0.256. The average molecular weight is 853 g/mol. The van der Waals surface area contributed by atoms with Crippen LogP contribution >= 0.6 is 0 Å². The van der Waals surface area contributed by atoms with Crippen molar-refractivity contribution >= 4 is 38.1 Å². The average Bonchev–Trinajstić information content (AvgIpc) is 3.12. The van der Waals surface area contributed by atoms with Gasteiger partial charge in [-0.2, -0.15) is 0 Å². The van der Waals surface area contributed by atoms with Crippen molar-refractivity contribution in [3.63, 3.8) is 0 Å². The quantitative estimate of drug-likeness (QED) is 0.0646. The molecule has 0 saturated carbocycles. The number of halogens is 3. The van der Waals surface area contributed by atoms with E-state index in [-0.39, 0.29) is 54.9 Å². The van der Waals surface area contributed by atoms with Crippen molar-refractivity contribution in [2.45, 2.75) is 59.8 Å². The number of nitrogens with zero attached hydrogens (tertiary/aromatic N) is 1. The number of benzene rings is 5. The third-order valence-corrected chi connectivity index (χ3v) is 9.34. The molecule has 0 aliphatic rings. The summed E-state index contributed by atoms with van der Waals surface area (Å²) in [5, 5.41) is 13.6. The van der Waals surface area contributed by atoms with E-state index >= 15 is 4.39 Å². The number of hydrogen-bond acceptors (Lipinski definition) is 3. The predicted molar refractivity (Wildman–Crippen MR) is 195 cm³/mol. The predicted octanol–water partition coefficient (Wildman–Crippen LogP) is 12.6. The maximum Gasteiger partial charge on any atom is 0.251 e. The number of fused-ring (bicyclic) bond motifs is 4. The second-order valence-corrected chi connectivity index (χ2v) is 12.2. The largest absolute Gasteiger partial charge is 0.512 e. The minimum absolute atomic E-state index is 0. The molecule has 0 bridgehead atoms. The zero-order valence-electron chi connectivity index (χ0n) is 28.6. The Kier molecular flexibility index (Phi) is 13.5. The second kappa shape index (κ2) is 17.6. The van der Waals surface area contributed by atoms with Crippen molar-refractivity contribution in [3.8, 4) is 22.4 Å². The SMILES string of the molecule is CCC(CC)C(=O)/C=C(\O)C(CC)CC.Fc1c(-c2ccccc2)ccc2c1ccc1c(-c3[c-]c4ccccc4c(C(F)F)c3)nccc12.[Ir]. The number of hydrogen-bond donors (Lipinski definition) is 1. The van der Waals surface area contributed by atoms with E-state index in [0.717, 1.165) is 47.4 Å². The van der Waals surface area contributed by atoms with Crippen LogP contribution in [0.3, 0.4) is 0 Å². The Bertz CT molecular complexity index is 2110. The third-order valence-electron chi connectivity index (χ3n) is 9.34. The molecule has 261 valence electrons. The third kappa shape index (κ3) is 8.17. The van der Waals surface area contributed by atoms with Gasteiger partial charge in [0.2, 0.25) is 0 Å². The van der Waals surface area contributed by atoms with Crippen LogP contribution in [0.5, 0.6) is 0 Å². The molecule has 0 aliphatic heterocycles. The minimum atomic E-state index is -2.63. The zero-order chi connectivity index (χ0) is 35.1. The van der Waals surface area contributed by atoms with Crippen molar-refractivity contribution in [3.05, 3.63) is 126 Å². The summed E-state index contributed by atoms with van der Waals surface area (Å²) in [6.45, 7) is 8.07. The van der Waals surface area contributed by atoms with Gasteiger partial charge >= 0.3 is 0 Å². The summed E-state index contributed by atoms with van der Waals surface area (Å²) in [4.78, 5) is 16.2. The summed E-state index contributed by atoms with van der Waals surface area (Å²) in [5.41, 5.74) is 2.32. The topological polar surface area (TPSA) is 50.2 Å². The summed E-state index contributed by atoms with van der Waals surface area (Å²) >= 11 is 0. The van der Waals surface area contributed by atoms with Crippen LogP contribution in [0.15, 0.2) is 109 Å². The fourth-order valence-electron chi connectivity index (χ4n) is 6.44. The van der Waals surface area contributed by atoms with Crippen LogP contribution in [-0.4, -0.2) is 15.9 Å².